The second kappa shape index (κ2) is 7.66. The molecule has 2 heterocycles. The van der Waals surface area contributed by atoms with Crippen LogP contribution in [0.3, 0.4) is 0 Å². The quantitative estimate of drug-likeness (QED) is 0.487. The lowest BCUT2D eigenvalue weighted by Crippen LogP contribution is -2.20. The summed E-state index contributed by atoms with van der Waals surface area (Å²) in [6.07, 6.45) is 5.95. The second-order valence-corrected chi connectivity index (χ2v) is 9.73. The lowest BCUT2D eigenvalue weighted by atomic mass is 9.79. The average molecular weight is 450 g/mol. The molecule has 1 saturated heterocycles. The van der Waals surface area contributed by atoms with Crippen LogP contribution in [0.2, 0.25) is 0 Å². The normalized spacial score (nSPS) is 17.8. The van der Waals surface area contributed by atoms with E-state index in [9.17, 15) is 0 Å². The van der Waals surface area contributed by atoms with Crippen LogP contribution < -0.4 is 19.1 Å². The van der Waals surface area contributed by atoms with Crippen LogP contribution in [0.5, 0.6) is 11.5 Å². The molecule has 0 amide bonds. The number of nitrogens with zero attached hydrogens (tertiary/aromatic N) is 2. The molecule has 6 rings (SSSR count). The van der Waals surface area contributed by atoms with Gasteiger partial charge in [-0.3, -0.25) is 0 Å². The van der Waals surface area contributed by atoms with Crippen LogP contribution in [-0.4, -0.2) is 32.5 Å². The highest BCUT2D eigenvalue weighted by molar-refractivity contribution is 8.00. The molecule has 2 aliphatic carbocycles. The van der Waals surface area contributed by atoms with Crippen LogP contribution in [0.15, 0.2) is 45.8 Å². The van der Waals surface area contributed by atoms with Gasteiger partial charge in [-0.1, -0.05) is 17.3 Å². The molecule has 2 aromatic carbocycles. The van der Waals surface area contributed by atoms with E-state index in [1.165, 1.54) is 60.0 Å². The van der Waals surface area contributed by atoms with Crippen molar-refractivity contribution in [3.8, 4) is 22.8 Å². The van der Waals surface area contributed by atoms with Crippen molar-refractivity contribution in [3.05, 3.63) is 47.5 Å². The Labute approximate surface area is 192 Å². The number of benzene rings is 2. The highest BCUT2D eigenvalue weighted by atomic mass is 32.2. The van der Waals surface area contributed by atoms with Gasteiger partial charge in [0.15, 0.2) is 11.6 Å². The van der Waals surface area contributed by atoms with Gasteiger partial charge in [0, 0.05) is 35.3 Å². The van der Waals surface area contributed by atoms with E-state index in [0.717, 1.165) is 47.5 Å². The third-order valence-corrected chi connectivity index (χ3v) is 7.98. The predicted octanol–water partition coefficient (Wildman–Crippen LogP) is 5.67. The van der Waals surface area contributed by atoms with E-state index in [1.54, 1.807) is 14.2 Å². The lowest BCUT2D eigenvalue weighted by molar-refractivity contribution is 0.376. The Hall–Kier alpha value is -2.80. The van der Waals surface area contributed by atoms with E-state index >= 15 is 0 Å². The molecule has 1 spiro atoms. The molecule has 1 N–H and O–H groups in total. The summed E-state index contributed by atoms with van der Waals surface area (Å²) < 4.78 is 20.4. The summed E-state index contributed by atoms with van der Waals surface area (Å²) in [6.45, 7) is 2.27. The summed E-state index contributed by atoms with van der Waals surface area (Å²) in [5.74, 6) is 3.23. The van der Waals surface area contributed by atoms with Gasteiger partial charge in [-0.05, 0) is 73.9 Å². The summed E-state index contributed by atoms with van der Waals surface area (Å²) in [5.41, 5.74) is 5.35. The summed E-state index contributed by atoms with van der Waals surface area (Å²) >= 11 is 1.45. The van der Waals surface area contributed by atoms with E-state index in [1.807, 2.05) is 18.2 Å². The number of hydrogen-bond acceptors (Lipinski definition) is 7. The van der Waals surface area contributed by atoms with Crippen molar-refractivity contribution in [2.45, 2.75) is 42.4 Å². The Morgan fingerprint density at radius 3 is 2.50 bits per heavy atom. The number of ether oxygens (including phenoxy) is 2. The maximum absolute atomic E-state index is 5.95. The average Bonchev–Trinajstić information content (AvgIpc) is 3.22. The topological polar surface area (TPSA) is 59.8 Å². The van der Waals surface area contributed by atoms with Crippen molar-refractivity contribution in [1.29, 1.82) is 0 Å². The van der Waals surface area contributed by atoms with Crippen molar-refractivity contribution >= 4 is 23.5 Å². The molecule has 32 heavy (non-hydrogen) atoms. The van der Waals surface area contributed by atoms with E-state index < -0.39 is 0 Å². The largest absolute Gasteiger partial charge is 0.495 e. The van der Waals surface area contributed by atoms with Crippen LogP contribution in [0.25, 0.3) is 11.3 Å². The first kappa shape index (κ1) is 19.9. The Bertz CT molecular complexity index is 1140. The maximum atomic E-state index is 5.95. The van der Waals surface area contributed by atoms with Crippen molar-refractivity contribution in [2.75, 3.05) is 36.9 Å². The lowest BCUT2D eigenvalue weighted by Gasteiger charge is -2.27. The van der Waals surface area contributed by atoms with Gasteiger partial charge in [-0.25, -0.2) is 0 Å². The van der Waals surface area contributed by atoms with E-state index in [2.05, 4.69) is 33.0 Å². The molecular weight excluding hydrogens is 422 g/mol. The van der Waals surface area contributed by atoms with Gasteiger partial charge in [0.25, 0.3) is 0 Å². The van der Waals surface area contributed by atoms with Crippen LogP contribution in [0.4, 0.5) is 11.5 Å². The number of anilines is 2. The Kier molecular flexibility index (Phi) is 4.75. The molecule has 3 aromatic rings. The Morgan fingerprint density at radius 1 is 1.06 bits per heavy atom. The molecule has 3 aliphatic rings. The third-order valence-electron chi connectivity index (χ3n) is 7.08. The van der Waals surface area contributed by atoms with Crippen molar-refractivity contribution in [1.82, 2.24) is 5.16 Å². The summed E-state index contributed by atoms with van der Waals surface area (Å²) in [7, 11) is 3.34. The smallest absolute Gasteiger partial charge is 0.183 e. The minimum Gasteiger partial charge on any atom is -0.495 e. The molecule has 2 fully saturated rings. The molecule has 0 bridgehead atoms. The fraction of sp³-hybridized carbons (Fsp3) is 0.400. The molecule has 1 aromatic heterocycles. The van der Waals surface area contributed by atoms with Crippen LogP contribution >= 0.6 is 11.9 Å². The minimum atomic E-state index is 0.237. The first-order valence-corrected chi connectivity index (χ1v) is 12.1. The Morgan fingerprint density at radius 2 is 1.81 bits per heavy atom. The molecule has 1 saturated carbocycles. The highest BCUT2D eigenvalue weighted by Gasteiger charge is 2.50. The van der Waals surface area contributed by atoms with E-state index in [0.29, 0.717) is 0 Å². The molecule has 166 valence electrons. The van der Waals surface area contributed by atoms with E-state index in [-0.39, 0.29) is 5.41 Å². The second-order valence-electron chi connectivity index (χ2n) is 8.92. The number of nitrogens with one attached hydrogen (secondary N) is 1. The van der Waals surface area contributed by atoms with Gasteiger partial charge < -0.3 is 23.6 Å². The van der Waals surface area contributed by atoms with Crippen LogP contribution in [-0.2, 0) is 11.8 Å². The van der Waals surface area contributed by atoms with E-state index in [4.69, 9.17) is 14.0 Å². The molecule has 7 heteroatoms. The van der Waals surface area contributed by atoms with Crippen LogP contribution in [0, 0.1) is 0 Å². The minimum absolute atomic E-state index is 0.237. The number of aromatic nitrogens is 1. The number of rotatable bonds is 6. The van der Waals surface area contributed by atoms with Crippen LogP contribution in [0.1, 0.15) is 36.8 Å². The Balaban J connectivity index is 1.34. The summed E-state index contributed by atoms with van der Waals surface area (Å²) in [4.78, 5) is 3.37. The SMILES string of the molecule is COc1cccc(OC)c1SNc1noc2c1CC1(CC1)c1ccc(N3CCCC3)cc1-2. The standard InChI is InChI=1S/C25H27N3O3S/c1-29-20-6-5-7-21(30-2)23(20)32-27-24-18-15-25(10-11-25)19-9-8-16(28-12-3-4-13-28)14-17(19)22(18)31-26-24/h5-9,14H,3-4,10-13,15H2,1-2H3,(H,26,27). The molecule has 0 atom stereocenters. The number of methoxy groups -OCH3 is 2. The van der Waals surface area contributed by atoms with Gasteiger partial charge in [-0.2, -0.15) is 0 Å². The predicted molar refractivity (Wildman–Crippen MR) is 127 cm³/mol. The zero-order chi connectivity index (χ0) is 21.7. The van der Waals surface area contributed by atoms with Gasteiger partial charge in [0.2, 0.25) is 0 Å². The monoisotopic (exact) mass is 449 g/mol. The molecular formula is C25H27N3O3S. The van der Waals surface area contributed by atoms with Gasteiger partial charge >= 0.3 is 0 Å². The number of fused-ring (bicyclic) bond motifs is 4. The maximum Gasteiger partial charge on any atom is 0.183 e. The summed E-state index contributed by atoms with van der Waals surface area (Å²) in [5, 5.41) is 4.44. The molecule has 6 nitrogen and oxygen atoms in total. The molecule has 0 unspecified atom stereocenters. The fourth-order valence-electron chi connectivity index (χ4n) is 5.17. The van der Waals surface area contributed by atoms with Gasteiger partial charge in [-0.15, -0.1) is 0 Å². The zero-order valence-corrected chi connectivity index (χ0v) is 19.3. The molecule has 1 aliphatic heterocycles. The third kappa shape index (κ3) is 3.13. The zero-order valence-electron chi connectivity index (χ0n) is 18.4. The first-order chi connectivity index (χ1) is 15.7. The fourth-order valence-corrected chi connectivity index (χ4v) is 6.03. The van der Waals surface area contributed by atoms with Gasteiger partial charge in [0.05, 0.1) is 14.2 Å². The highest BCUT2D eigenvalue weighted by Crippen LogP contribution is 2.59. The summed E-state index contributed by atoms with van der Waals surface area (Å²) in [6, 6.07) is 12.7. The first-order valence-electron chi connectivity index (χ1n) is 11.2. The molecule has 0 radical (unpaired) electrons. The van der Waals surface area contributed by atoms with Gasteiger partial charge in [0.1, 0.15) is 16.4 Å². The van der Waals surface area contributed by atoms with Crippen molar-refractivity contribution < 1.29 is 14.0 Å². The van der Waals surface area contributed by atoms with Crippen molar-refractivity contribution in [3.63, 3.8) is 0 Å². The van der Waals surface area contributed by atoms with Crippen molar-refractivity contribution in [2.24, 2.45) is 0 Å². The number of hydrogen-bond donors (Lipinski definition) is 1.